The number of hydrogen-bond donors (Lipinski definition) is 1. The van der Waals surface area contributed by atoms with Crippen LogP contribution in [-0.2, 0) is 4.74 Å². The third kappa shape index (κ3) is 3.77. The molecule has 1 N–H and O–H groups in total. The lowest BCUT2D eigenvalue weighted by atomic mass is 10.0. The number of aryl methyl sites for hydroxylation is 2. The summed E-state index contributed by atoms with van der Waals surface area (Å²) in [5.41, 5.74) is 1.44. The number of amides is 1. The second-order valence-corrected chi connectivity index (χ2v) is 8.28. The smallest absolute Gasteiger partial charge is 0.348 e. The van der Waals surface area contributed by atoms with Crippen LogP contribution in [0.3, 0.4) is 0 Å². The number of esters is 1. The van der Waals surface area contributed by atoms with Crippen LogP contribution < -0.4 is 10.2 Å². The monoisotopic (exact) mass is 428 g/mol. The molecule has 8 nitrogen and oxygen atoms in total. The van der Waals surface area contributed by atoms with Crippen molar-refractivity contribution in [3.05, 3.63) is 40.4 Å². The van der Waals surface area contributed by atoms with Gasteiger partial charge in [0.1, 0.15) is 27.6 Å². The second kappa shape index (κ2) is 8.43. The summed E-state index contributed by atoms with van der Waals surface area (Å²) in [6.45, 7) is 7.34. The Morgan fingerprint density at radius 2 is 2.07 bits per heavy atom. The van der Waals surface area contributed by atoms with Gasteiger partial charge in [0.25, 0.3) is 5.91 Å². The molecule has 0 spiro atoms. The van der Waals surface area contributed by atoms with Crippen LogP contribution >= 0.6 is 11.3 Å². The lowest BCUT2D eigenvalue weighted by molar-refractivity contribution is 0.0531. The Kier molecular flexibility index (Phi) is 5.72. The van der Waals surface area contributed by atoms with Crippen molar-refractivity contribution in [1.29, 1.82) is 0 Å². The van der Waals surface area contributed by atoms with Crippen molar-refractivity contribution in [1.82, 2.24) is 15.3 Å². The maximum Gasteiger partial charge on any atom is 0.348 e. The highest BCUT2D eigenvalue weighted by Gasteiger charge is 2.27. The molecule has 1 aliphatic rings. The van der Waals surface area contributed by atoms with E-state index in [4.69, 9.17) is 9.15 Å². The largest absolute Gasteiger partial charge is 0.469 e. The normalized spacial score (nSPS) is 14.8. The lowest BCUT2D eigenvalue weighted by Crippen LogP contribution is -2.45. The summed E-state index contributed by atoms with van der Waals surface area (Å²) in [7, 11) is 0. The van der Waals surface area contributed by atoms with E-state index in [1.807, 2.05) is 6.92 Å². The number of carbonyl (C=O) groups is 2. The molecule has 9 heteroatoms. The van der Waals surface area contributed by atoms with Gasteiger partial charge in [-0.1, -0.05) is 0 Å². The van der Waals surface area contributed by atoms with Crippen molar-refractivity contribution in [2.75, 3.05) is 24.6 Å². The summed E-state index contributed by atoms with van der Waals surface area (Å²) in [5.74, 6) is 1.04. The average molecular weight is 429 g/mol. The first-order chi connectivity index (χ1) is 14.5. The van der Waals surface area contributed by atoms with Crippen molar-refractivity contribution in [3.63, 3.8) is 0 Å². The molecule has 4 rings (SSSR count). The molecule has 1 amide bonds. The maximum atomic E-state index is 12.4. The van der Waals surface area contributed by atoms with Crippen molar-refractivity contribution < 1.29 is 18.7 Å². The molecule has 0 saturated carbocycles. The summed E-state index contributed by atoms with van der Waals surface area (Å²) >= 11 is 1.34. The second-order valence-electron chi connectivity index (χ2n) is 7.28. The van der Waals surface area contributed by atoms with Crippen LogP contribution in [0, 0.1) is 13.8 Å². The molecular weight excluding hydrogens is 404 g/mol. The zero-order valence-corrected chi connectivity index (χ0v) is 18.0. The molecule has 1 fully saturated rings. The van der Waals surface area contributed by atoms with Gasteiger partial charge in [-0.15, -0.1) is 11.3 Å². The first kappa shape index (κ1) is 20.3. The van der Waals surface area contributed by atoms with Gasteiger partial charge in [-0.25, -0.2) is 14.8 Å². The summed E-state index contributed by atoms with van der Waals surface area (Å²) in [5, 5.41) is 4.00. The van der Waals surface area contributed by atoms with Gasteiger partial charge in [-0.2, -0.15) is 0 Å². The van der Waals surface area contributed by atoms with Gasteiger partial charge in [-0.3, -0.25) is 4.79 Å². The van der Waals surface area contributed by atoms with Crippen LogP contribution in [0.1, 0.15) is 51.1 Å². The van der Waals surface area contributed by atoms with Crippen molar-refractivity contribution in [2.45, 2.75) is 39.7 Å². The molecule has 158 valence electrons. The zero-order chi connectivity index (χ0) is 21.3. The Hall–Kier alpha value is -2.94. The number of anilines is 1. The SMILES string of the molecule is CCOC(=O)c1sc2ncnc(N3CCC(NC(=O)c4ccoc4C)CC3)c2c1C. The minimum absolute atomic E-state index is 0.0963. The molecule has 0 aliphatic carbocycles. The predicted molar refractivity (Wildman–Crippen MR) is 114 cm³/mol. The highest BCUT2D eigenvalue weighted by atomic mass is 32.1. The number of hydrogen-bond acceptors (Lipinski definition) is 8. The van der Waals surface area contributed by atoms with Crippen LogP contribution in [0.2, 0.25) is 0 Å². The average Bonchev–Trinajstić information content (AvgIpc) is 3.32. The predicted octanol–water partition coefficient (Wildman–Crippen LogP) is 3.48. The Bertz CT molecular complexity index is 1080. The molecule has 0 aromatic carbocycles. The van der Waals surface area contributed by atoms with Crippen molar-refractivity contribution in [2.24, 2.45) is 0 Å². The van der Waals surface area contributed by atoms with E-state index in [-0.39, 0.29) is 17.9 Å². The number of carbonyl (C=O) groups excluding carboxylic acids is 2. The van der Waals surface area contributed by atoms with E-state index in [1.165, 1.54) is 23.9 Å². The van der Waals surface area contributed by atoms with Crippen LogP contribution in [0.25, 0.3) is 10.2 Å². The zero-order valence-electron chi connectivity index (χ0n) is 17.2. The number of rotatable bonds is 5. The van der Waals surface area contributed by atoms with E-state index in [2.05, 4.69) is 20.2 Å². The third-order valence-electron chi connectivity index (χ3n) is 5.40. The molecule has 0 radical (unpaired) electrons. The van der Waals surface area contributed by atoms with Gasteiger partial charge in [0.05, 0.1) is 23.8 Å². The Labute approximate surface area is 178 Å². The molecule has 0 bridgehead atoms. The number of ether oxygens (including phenoxy) is 1. The number of nitrogens with zero attached hydrogens (tertiary/aromatic N) is 3. The van der Waals surface area contributed by atoms with Crippen LogP contribution in [-0.4, -0.2) is 47.6 Å². The molecule has 3 aromatic heterocycles. The van der Waals surface area contributed by atoms with E-state index in [0.29, 0.717) is 22.8 Å². The van der Waals surface area contributed by atoms with Gasteiger partial charge >= 0.3 is 5.97 Å². The number of fused-ring (bicyclic) bond motifs is 1. The fraction of sp³-hybridized carbons (Fsp3) is 0.429. The minimum Gasteiger partial charge on any atom is -0.469 e. The fourth-order valence-corrected chi connectivity index (χ4v) is 4.84. The molecule has 30 heavy (non-hydrogen) atoms. The standard InChI is InChI=1S/C21H24N4O4S/c1-4-28-21(27)17-12(2)16-18(22-11-23-20(16)30-17)25-8-5-14(6-9-25)24-19(26)15-7-10-29-13(15)3/h7,10-11,14H,4-6,8-9H2,1-3H3,(H,24,26). The van der Waals surface area contributed by atoms with Crippen molar-refractivity contribution >= 4 is 39.2 Å². The van der Waals surface area contributed by atoms with Gasteiger partial charge in [-0.05, 0) is 45.2 Å². The van der Waals surface area contributed by atoms with Crippen LogP contribution in [0.4, 0.5) is 5.82 Å². The maximum absolute atomic E-state index is 12.4. The van der Waals surface area contributed by atoms with E-state index >= 15 is 0 Å². The highest BCUT2D eigenvalue weighted by Crippen LogP contribution is 2.36. The van der Waals surface area contributed by atoms with Gasteiger partial charge in [0.15, 0.2) is 0 Å². The quantitative estimate of drug-likeness (QED) is 0.621. The Morgan fingerprint density at radius 1 is 1.30 bits per heavy atom. The van der Waals surface area contributed by atoms with Gasteiger partial charge in [0, 0.05) is 19.1 Å². The minimum atomic E-state index is -0.320. The molecule has 3 aromatic rings. The first-order valence-electron chi connectivity index (χ1n) is 10.0. The molecule has 1 aliphatic heterocycles. The summed E-state index contributed by atoms with van der Waals surface area (Å²) in [6, 6.07) is 1.79. The topological polar surface area (TPSA) is 97.6 Å². The summed E-state index contributed by atoms with van der Waals surface area (Å²) in [6.07, 6.45) is 4.68. The molecule has 4 heterocycles. The number of nitrogens with one attached hydrogen (secondary N) is 1. The number of piperidine rings is 1. The Morgan fingerprint density at radius 3 is 2.73 bits per heavy atom. The van der Waals surface area contributed by atoms with E-state index in [0.717, 1.165) is 47.5 Å². The first-order valence-corrected chi connectivity index (χ1v) is 10.8. The van der Waals surface area contributed by atoms with E-state index in [1.54, 1.807) is 19.9 Å². The van der Waals surface area contributed by atoms with Crippen LogP contribution in [0.5, 0.6) is 0 Å². The van der Waals surface area contributed by atoms with Crippen molar-refractivity contribution in [3.8, 4) is 0 Å². The van der Waals surface area contributed by atoms with Crippen LogP contribution in [0.15, 0.2) is 23.1 Å². The molecule has 1 saturated heterocycles. The fourth-order valence-electron chi connectivity index (χ4n) is 3.80. The van der Waals surface area contributed by atoms with E-state index in [9.17, 15) is 9.59 Å². The third-order valence-corrected chi connectivity index (χ3v) is 6.58. The summed E-state index contributed by atoms with van der Waals surface area (Å²) < 4.78 is 10.4. The lowest BCUT2D eigenvalue weighted by Gasteiger charge is -2.33. The summed E-state index contributed by atoms with van der Waals surface area (Å²) in [4.78, 5) is 37.1. The number of aromatic nitrogens is 2. The number of furan rings is 1. The van der Waals surface area contributed by atoms with E-state index < -0.39 is 0 Å². The highest BCUT2D eigenvalue weighted by molar-refractivity contribution is 7.20. The Balaban J connectivity index is 1.49. The number of thiophene rings is 1. The van der Waals surface area contributed by atoms with Gasteiger partial charge in [0.2, 0.25) is 0 Å². The molecular formula is C21H24N4O4S. The van der Waals surface area contributed by atoms with Gasteiger partial charge < -0.3 is 19.4 Å². The molecule has 0 atom stereocenters. The molecule has 0 unspecified atom stereocenters.